The highest BCUT2D eigenvalue weighted by molar-refractivity contribution is 4.91. The summed E-state index contributed by atoms with van der Waals surface area (Å²) in [6, 6.07) is 0. The maximum Gasteiger partial charge on any atom is 0.0844 e. The van der Waals surface area contributed by atoms with Crippen molar-refractivity contribution in [2.75, 3.05) is 6.61 Å². The number of hydrogen-bond acceptors (Lipinski definition) is 2. The van der Waals surface area contributed by atoms with Crippen LogP contribution in [0.2, 0.25) is 0 Å². The summed E-state index contributed by atoms with van der Waals surface area (Å²) in [7, 11) is 0. The van der Waals surface area contributed by atoms with Gasteiger partial charge in [0.25, 0.3) is 0 Å². The molecule has 3 unspecified atom stereocenters. The normalized spacial score (nSPS) is 44.7. The second kappa shape index (κ2) is 2.51. The molecular weight excluding hydrogens is 128 g/mol. The van der Waals surface area contributed by atoms with Crippen molar-refractivity contribution >= 4 is 0 Å². The van der Waals surface area contributed by atoms with Crippen molar-refractivity contribution in [3.8, 4) is 0 Å². The molecule has 2 nitrogen and oxygen atoms in total. The predicted molar refractivity (Wildman–Crippen MR) is 37.7 cm³/mol. The van der Waals surface area contributed by atoms with Crippen LogP contribution in [0.25, 0.3) is 0 Å². The Morgan fingerprint density at radius 1 is 1.30 bits per heavy atom. The van der Waals surface area contributed by atoms with Gasteiger partial charge >= 0.3 is 0 Å². The van der Waals surface area contributed by atoms with E-state index >= 15 is 0 Å². The molecule has 1 heterocycles. The molecule has 0 aromatic heterocycles. The standard InChI is InChI=1S/C8H14O2/c9-4-3-6-1-2-7-8(5-6)10-7/h6-9H,1-5H2. The topological polar surface area (TPSA) is 32.8 Å². The lowest BCUT2D eigenvalue weighted by molar-refractivity contribution is 0.236. The summed E-state index contributed by atoms with van der Waals surface area (Å²) in [5, 5.41) is 8.68. The Morgan fingerprint density at radius 3 is 2.90 bits per heavy atom. The smallest absolute Gasteiger partial charge is 0.0844 e. The first-order valence-corrected chi connectivity index (χ1v) is 4.16. The molecule has 0 amide bonds. The van der Waals surface area contributed by atoms with Gasteiger partial charge in [0.15, 0.2) is 0 Å². The van der Waals surface area contributed by atoms with Crippen LogP contribution in [0.3, 0.4) is 0 Å². The summed E-state index contributed by atoms with van der Waals surface area (Å²) in [5.41, 5.74) is 0. The monoisotopic (exact) mass is 142 g/mol. The van der Waals surface area contributed by atoms with E-state index in [1.165, 1.54) is 19.3 Å². The molecule has 58 valence electrons. The maximum absolute atomic E-state index is 8.68. The third kappa shape index (κ3) is 1.18. The van der Waals surface area contributed by atoms with Crippen LogP contribution in [-0.2, 0) is 4.74 Å². The fraction of sp³-hybridized carbons (Fsp3) is 1.00. The van der Waals surface area contributed by atoms with Gasteiger partial charge < -0.3 is 9.84 Å². The molecular formula is C8H14O2. The number of rotatable bonds is 2. The summed E-state index contributed by atoms with van der Waals surface area (Å²) in [4.78, 5) is 0. The Hall–Kier alpha value is -0.0800. The van der Waals surface area contributed by atoms with Crippen LogP contribution in [0.15, 0.2) is 0 Å². The van der Waals surface area contributed by atoms with Crippen molar-refractivity contribution in [1.82, 2.24) is 0 Å². The van der Waals surface area contributed by atoms with Crippen molar-refractivity contribution in [2.45, 2.75) is 37.9 Å². The van der Waals surface area contributed by atoms with Crippen LogP contribution in [0.5, 0.6) is 0 Å². The molecule has 3 atom stereocenters. The number of ether oxygens (including phenoxy) is 1. The molecule has 2 fully saturated rings. The van der Waals surface area contributed by atoms with E-state index in [2.05, 4.69) is 0 Å². The minimum atomic E-state index is 0.349. The first-order valence-electron chi connectivity index (χ1n) is 4.16. The number of fused-ring (bicyclic) bond motifs is 1. The molecule has 1 aliphatic heterocycles. The van der Waals surface area contributed by atoms with Crippen molar-refractivity contribution in [2.24, 2.45) is 5.92 Å². The van der Waals surface area contributed by atoms with Gasteiger partial charge in [0.1, 0.15) is 0 Å². The Morgan fingerprint density at radius 2 is 2.20 bits per heavy atom. The zero-order chi connectivity index (χ0) is 6.97. The van der Waals surface area contributed by atoms with Gasteiger partial charge in [0.2, 0.25) is 0 Å². The van der Waals surface area contributed by atoms with Crippen molar-refractivity contribution in [3.63, 3.8) is 0 Å². The van der Waals surface area contributed by atoms with Gasteiger partial charge in [0.05, 0.1) is 12.2 Å². The Balaban J connectivity index is 1.77. The number of hydrogen-bond donors (Lipinski definition) is 1. The molecule has 0 radical (unpaired) electrons. The van der Waals surface area contributed by atoms with Crippen LogP contribution in [0, 0.1) is 5.92 Å². The van der Waals surface area contributed by atoms with Gasteiger partial charge in [-0.05, 0) is 31.6 Å². The third-order valence-electron chi connectivity index (χ3n) is 2.65. The lowest BCUT2D eigenvalue weighted by Gasteiger charge is -2.16. The lowest BCUT2D eigenvalue weighted by Crippen LogP contribution is -2.14. The van der Waals surface area contributed by atoms with E-state index in [1.54, 1.807) is 0 Å². The van der Waals surface area contributed by atoms with E-state index in [-0.39, 0.29) is 0 Å². The largest absolute Gasteiger partial charge is 0.396 e. The number of aliphatic hydroxyl groups is 1. The highest BCUT2D eigenvalue weighted by atomic mass is 16.6. The molecule has 2 aliphatic rings. The van der Waals surface area contributed by atoms with E-state index in [4.69, 9.17) is 9.84 Å². The minimum absolute atomic E-state index is 0.349. The Bertz CT molecular complexity index is 124. The van der Waals surface area contributed by atoms with E-state index < -0.39 is 0 Å². The van der Waals surface area contributed by atoms with E-state index in [0.29, 0.717) is 18.8 Å². The van der Waals surface area contributed by atoms with Gasteiger partial charge in [-0.1, -0.05) is 0 Å². The zero-order valence-electron chi connectivity index (χ0n) is 6.12. The molecule has 1 N–H and O–H groups in total. The quantitative estimate of drug-likeness (QED) is 0.582. The molecule has 1 saturated heterocycles. The lowest BCUT2D eigenvalue weighted by atomic mass is 9.87. The molecule has 10 heavy (non-hydrogen) atoms. The van der Waals surface area contributed by atoms with Gasteiger partial charge in [0, 0.05) is 6.61 Å². The highest BCUT2D eigenvalue weighted by Gasteiger charge is 2.43. The molecule has 1 saturated carbocycles. The summed E-state index contributed by atoms with van der Waals surface area (Å²) < 4.78 is 5.37. The molecule has 2 rings (SSSR count). The van der Waals surface area contributed by atoms with Crippen molar-refractivity contribution in [1.29, 1.82) is 0 Å². The van der Waals surface area contributed by atoms with E-state index in [0.717, 1.165) is 12.3 Å². The number of aliphatic hydroxyl groups excluding tert-OH is 1. The third-order valence-corrected chi connectivity index (χ3v) is 2.65. The molecule has 0 aromatic carbocycles. The minimum Gasteiger partial charge on any atom is -0.396 e. The molecule has 0 spiro atoms. The van der Waals surface area contributed by atoms with Gasteiger partial charge in [-0.15, -0.1) is 0 Å². The number of epoxide rings is 1. The van der Waals surface area contributed by atoms with Crippen LogP contribution < -0.4 is 0 Å². The zero-order valence-corrected chi connectivity index (χ0v) is 6.12. The Labute approximate surface area is 61.2 Å². The van der Waals surface area contributed by atoms with Crippen molar-refractivity contribution in [3.05, 3.63) is 0 Å². The summed E-state index contributed by atoms with van der Waals surface area (Å²) >= 11 is 0. The molecule has 1 aliphatic carbocycles. The van der Waals surface area contributed by atoms with Crippen LogP contribution in [0.4, 0.5) is 0 Å². The average molecular weight is 142 g/mol. The van der Waals surface area contributed by atoms with Crippen LogP contribution >= 0.6 is 0 Å². The Kier molecular flexibility index (Phi) is 1.66. The fourth-order valence-electron chi connectivity index (χ4n) is 1.93. The fourth-order valence-corrected chi connectivity index (χ4v) is 1.93. The molecule has 2 heteroatoms. The second-order valence-corrected chi connectivity index (χ2v) is 3.40. The van der Waals surface area contributed by atoms with Gasteiger partial charge in [-0.2, -0.15) is 0 Å². The predicted octanol–water partition coefficient (Wildman–Crippen LogP) is 0.936. The summed E-state index contributed by atoms with van der Waals surface area (Å²) in [6.07, 6.45) is 5.86. The maximum atomic E-state index is 8.68. The SMILES string of the molecule is OCCC1CCC2OC2C1. The first kappa shape index (κ1) is 6.62. The van der Waals surface area contributed by atoms with E-state index in [9.17, 15) is 0 Å². The highest BCUT2D eigenvalue weighted by Crippen LogP contribution is 2.40. The summed E-state index contributed by atoms with van der Waals surface area (Å²) in [6.45, 7) is 0.349. The summed E-state index contributed by atoms with van der Waals surface area (Å²) in [5.74, 6) is 0.744. The van der Waals surface area contributed by atoms with Gasteiger partial charge in [-0.3, -0.25) is 0 Å². The van der Waals surface area contributed by atoms with Crippen LogP contribution in [-0.4, -0.2) is 23.9 Å². The van der Waals surface area contributed by atoms with Gasteiger partial charge in [-0.25, -0.2) is 0 Å². The average Bonchev–Trinajstić information content (AvgIpc) is 2.66. The van der Waals surface area contributed by atoms with Crippen molar-refractivity contribution < 1.29 is 9.84 Å². The molecule has 0 bridgehead atoms. The van der Waals surface area contributed by atoms with E-state index in [1.807, 2.05) is 0 Å². The van der Waals surface area contributed by atoms with Crippen LogP contribution in [0.1, 0.15) is 25.7 Å². The first-order chi connectivity index (χ1) is 4.90. The molecule has 0 aromatic rings. The second-order valence-electron chi connectivity index (χ2n) is 3.40.